The summed E-state index contributed by atoms with van der Waals surface area (Å²) in [7, 11) is -2.07. The number of esters is 1. The maximum atomic E-state index is 13.6. The number of allylic oxidation sites excluding steroid dienone is 1. The fraction of sp³-hybridized carbons (Fsp3) is 0.667. The molecule has 0 radical (unpaired) electrons. The molecule has 0 amide bonds. The number of hydrogen-bond donors (Lipinski definition) is 0. The molecule has 4 nitrogen and oxygen atoms in total. The molecule has 0 spiro atoms. The lowest BCUT2D eigenvalue weighted by Gasteiger charge is -2.58. The van der Waals surface area contributed by atoms with Crippen molar-refractivity contribution in [3.8, 4) is 11.8 Å². The van der Waals surface area contributed by atoms with Gasteiger partial charge in [-0.1, -0.05) is 116 Å². The van der Waals surface area contributed by atoms with Crippen molar-refractivity contribution >= 4 is 19.2 Å². The summed E-state index contributed by atoms with van der Waals surface area (Å²) in [4.78, 5) is 13.6. The molecule has 5 heteroatoms. The van der Waals surface area contributed by atoms with Crippen LogP contribution in [0.5, 0.6) is 5.75 Å². The Kier molecular flexibility index (Phi) is 12.4. The molecule has 53 heavy (non-hydrogen) atoms. The van der Waals surface area contributed by atoms with Gasteiger partial charge in [-0.3, -0.25) is 0 Å². The highest BCUT2D eigenvalue weighted by Gasteiger charge is 2.59. The molecule has 0 aliphatic heterocycles. The van der Waals surface area contributed by atoms with Crippen LogP contribution >= 0.6 is 0 Å². The number of fused-ring (bicyclic) bond motifs is 5. The first-order valence-electron chi connectivity index (χ1n) is 21.5. The quantitative estimate of drug-likeness (QED) is 0.110. The third-order valence-corrected chi connectivity index (χ3v) is 19.1. The SMILES string of the molecule is CCCCC(Oc1ccc(C#N)cc1)[Si](C)(C)c1ccc(C(=O)OC2CC[C@@]3(C)C(=CCC4C3CC[C@@]3(C)C4CC[C@@H]3[C@H](C)CCCC(C)C)C2)cc1. The van der Waals surface area contributed by atoms with Crippen LogP contribution in [0.25, 0.3) is 0 Å². The summed E-state index contributed by atoms with van der Waals surface area (Å²) in [6.07, 6.45) is 19.8. The Labute approximate surface area is 323 Å². The van der Waals surface area contributed by atoms with Gasteiger partial charge in [-0.2, -0.15) is 5.26 Å². The number of nitriles is 1. The van der Waals surface area contributed by atoms with Crippen molar-refractivity contribution in [2.45, 2.75) is 156 Å². The molecule has 288 valence electrons. The molecular formula is C48H69NO3Si. The maximum Gasteiger partial charge on any atom is 0.338 e. The van der Waals surface area contributed by atoms with Gasteiger partial charge in [-0.25, -0.2) is 4.79 Å². The van der Waals surface area contributed by atoms with Gasteiger partial charge in [0.2, 0.25) is 0 Å². The van der Waals surface area contributed by atoms with Crippen LogP contribution in [0, 0.1) is 57.7 Å². The average molecular weight is 736 g/mol. The predicted octanol–water partition coefficient (Wildman–Crippen LogP) is 12.2. The van der Waals surface area contributed by atoms with Crippen LogP contribution in [-0.4, -0.2) is 25.9 Å². The molecule has 0 aromatic heterocycles. The lowest BCUT2D eigenvalue weighted by atomic mass is 9.47. The van der Waals surface area contributed by atoms with Crippen molar-refractivity contribution in [1.82, 2.24) is 0 Å². The Bertz CT molecular complexity index is 1620. The van der Waals surface area contributed by atoms with Crippen LogP contribution in [0.3, 0.4) is 0 Å². The number of unbranched alkanes of at least 4 members (excludes halogenated alkanes) is 1. The summed E-state index contributed by atoms with van der Waals surface area (Å²) >= 11 is 0. The Morgan fingerprint density at radius 2 is 1.64 bits per heavy atom. The van der Waals surface area contributed by atoms with E-state index in [2.05, 4.69) is 78.9 Å². The lowest BCUT2D eigenvalue weighted by molar-refractivity contribution is -0.0594. The molecule has 0 bridgehead atoms. The van der Waals surface area contributed by atoms with Crippen molar-refractivity contribution in [3.05, 3.63) is 71.3 Å². The highest BCUT2D eigenvalue weighted by atomic mass is 28.3. The minimum atomic E-state index is -2.07. The third-order valence-electron chi connectivity index (χ3n) is 15.3. The number of nitrogens with zero attached hydrogens (tertiary/aromatic N) is 1. The fourth-order valence-electron chi connectivity index (χ4n) is 11.9. The Balaban J connectivity index is 1.07. The molecule has 6 rings (SSSR count). The number of rotatable bonds is 14. The van der Waals surface area contributed by atoms with Gasteiger partial charge in [0.1, 0.15) is 19.9 Å². The van der Waals surface area contributed by atoms with Gasteiger partial charge < -0.3 is 9.47 Å². The van der Waals surface area contributed by atoms with Gasteiger partial charge in [0.15, 0.2) is 0 Å². The van der Waals surface area contributed by atoms with Gasteiger partial charge in [-0.15, -0.1) is 0 Å². The van der Waals surface area contributed by atoms with Gasteiger partial charge in [0, 0.05) is 6.42 Å². The first-order valence-corrected chi connectivity index (χ1v) is 24.6. The molecular weight excluding hydrogens is 667 g/mol. The second-order valence-electron chi connectivity index (χ2n) is 19.2. The smallest absolute Gasteiger partial charge is 0.338 e. The average Bonchev–Trinajstić information content (AvgIpc) is 3.51. The van der Waals surface area contributed by atoms with Crippen molar-refractivity contribution in [2.75, 3.05) is 0 Å². The van der Waals surface area contributed by atoms with Crippen molar-refractivity contribution < 1.29 is 14.3 Å². The second kappa shape index (κ2) is 16.5. The third kappa shape index (κ3) is 8.24. The molecule has 3 saturated carbocycles. The van der Waals surface area contributed by atoms with Crippen molar-refractivity contribution in [2.24, 2.45) is 46.3 Å². The highest BCUT2D eigenvalue weighted by Crippen LogP contribution is 2.67. The van der Waals surface area contributed by atoms with Gasteiger partial charge in [-0.05, 0) is 134 Å². The molecule has 2 aromatic carbocycles. The molecule has 4 aliphatic rings. The van der Waals surface area contributed by atoms with Crippen molar-refractivity contribution in [3.63, 3.8) is 0 Å². The van der Waals surface area contributed by atoms with E-state index in [0.717, 1.165) is 79.8 Å². The van der Waals surface area contributed by atoms with E-state index in [4.69, 9.17) is 9.47 Å². The number of carbonyl (C=O) groups excluding carboxylic acids is 1. The van der Waals surface area contributed by atoms with E-state index in [9.17, 15) is 10.1 Å². The summed E-state index contributed by atoms with van der Waals surface area (Å²) in [6, 6.07) is 17.9. The van der Waals surface area contributed by atoms with Crippen LogP contribution in [0.1, 0.15) is 147 Å². The Hall–Kier alpha value is -2.84. The first kappa shape index (κ1) is 39.8. The van der Waals surface area contributed by atoms with E-state index in [0.29, 0.717) is 16.5 Å². The van der Waals surface area contributed by atoms with E-state index in [1.54, 1.807) is 5.57 Å². The molecule has 5 unspecified atom stereocenters. The lowest BCUT2D eigenvalue weighted by Crippen LogP contribution is -2.55. The number of benzene rings is 2. The summed E-state index contributed by atoms with van der Waals surface area (Å²) in [5.41, 5.74) is 3.70. The zero-order valence-electron chi connectivity index (χ0n) is 34.4. The summed E-state index contributed by atoms with van der Waals surface area (Å²) in [6.45, 7) is 19.5. The largest absolute Gasteiger partial charge is 0.494 e. The van der Waals surface area contributed by atoms with Gasteiger partial charge in [0.05, 0.1) is 22.9 Å². The van der Waals surface area contributed by atoms with Gasteiger partial charge >= 0.3 is 5.97 Å². The van der Waals surface area contributed by atoms with Crippen LogP contribution in [0.4, 0.5) is 0 Å². The van der Waals surface area contributed by atoms with Crippen molar-refractivity contribution in [1.29, 1.82) is 5.26 Å². The monoisotopic (exact) mass is 736 g/mol. The van der Waals surface area contributed by atoms with Gasteiger partial charge in [0.25, 0.3) is 0 Å². The molecule has 3 fully saturated rings. The molecule has 0 saturated heterocycles. The van der Waals surface area contributed by atoms with E-state index in [-0.39, 0.29) is 23.2 Å². The predicted molar refractivity (Wildman–Crippen MR) is 221 cm³/mol. The van der Waals surface area contributed by atoms with E-state index in [1.165, 1.54) is 56.6 Å². The van der Waals surface area contributed by atoms with Crippen LogP contribution in [-0.2, 0) is 4.74 Å². The summed E-state index contributed by atoms with van der Waals surface area (Å²) in [5.74, 6) is 5.62. The fourth-order valence-corrected chi connectivity index (χ4v) is 14.7. The minimum Gasteiger partial charge on any atom is -0.494 e. The Morgan fingerprint density at radius 3 is 2.32 bits per heavy atom. The van der Waals surface area contributed by atoms with Crippen LogP contribution < -0.4 is 9.92 Å². The molecule has 0 heterocycles. The summed E-state index contributed by atoms with van der Waals surface area (Å²) < 4.78 is 12.9. The molecule has 4 aliphatic carbocycles. The van der Waals surface area contributed by atoms with E-state index in [1.807, 2.05) is 36.4 Å². The van der Waals surface area contributed by atoms with Crippen LogP contribution in [0.15, 0.2) is 60.2 Å². The first-order chi connectivity index (χ1) is 25.3. The number of ether oxygens (including phenoxy) is 2. The number of carbonyl (C=O) groups is 1. The zero-order valence-corrected chi connectivity index (χ0v) is 35.4. The molecule has 0 N–H and O–H groups in total. The minimum absolute atomic E-state index is 0.0421. The van der Waals surface area contributed by atoms with E-state index >= 15 is 0 Å². The summed E-state index contributed by atoms with van der Waals surface area (Å²) in [5, 5.41) is 10.5. The van der Waals surface area contributed by atoms with Crippen LogP contribution in [0.2, 0.25) is 13.1 Å². The zero-order chi connectivity index (χ0) is 38.0. The Morgan fingerprint density at radius 1 is 0.906 bits per heavy atom. The topological polar surface area (TPSA) is 59.3 Å². The standard InChI is InChI=1S/C48H69NO3Si/c1-9-10-14-45(51-38-20-15-35(32-49)16-21-38)53(7,8)40-22-17-36(18-23-40)46(50)52-39-27-29-47(5)37(31-39)19-24-41-43-26-25-42(34(4)13-11-12-33(2)3)48(43,6)30-28-44(41)47/h15-23,33-34,39,41-45H,9-14,24-31H2,1-8H3/t34-,39?,41?,42-,43?,44?,45?,47+,48-/m1/s1. The number of hydrogen-bond acceptors (Lipinski definition) is 4. The van der Waals surface area contributed by atoms with E-state index < -0.39 is 8.07 Å². The molecule has 9 atom stereocenters. The highest BCUT2D eigenvalue weighted by molar-refractivity contribution is 6.90. The normalized spacial score (nSPS) is 30.6. The second-order valence-corrected chi connectivity index (χ2v) is 23.9. The maximum absolute atomic E-state index is 13.6. The molecule has 2 aromatic rings.